The molecule has 3 nitrogen and oxygen atoms in total. The standard InChI is InChI=1S/C10H16F3NO2/c1-16-9(15)8(7-4-2-3-5-7)14-6-10(11,12)13/h7-8,14H,2-6H2,1H3. The number of hydrogen-bond donors (Lipinski definition) is 1. The second-order valence-electron chi connectivity index (χ2n) is 4.04. The van der Waals surface area contributed by atoms with E-state index in [1.165, 1.54) is 7.11 Å². The minimum atomic E-state index is -4.30. The molecular weight excluding hydrogens is 223 g/mol. The van der Waals surface area contributed by atoms with Gasteiger partial charge in [0.2, 0.25) is 0 Å². The Kier molecular flexibility index (Phi) is 4.58. The van der Waals surface area contributed by atoms with Gasteiger partial charge in [0.25, 0.3) is 0 Å². The molecule has 0 aromatic rings. The predicted octanol–water partition coefficient (Wildman–Crippen LogP) is 1.87. The topological polar surface area (TPSA) is 38.3 Å². The third kappa shape index (κ3) is 4.00. The van der Waals surface area contributed by atoms with Crippen LogP contribution in [0.4, 0.5) is 13.2 Å². The van der Waals surface area contributed by atoms with Crippen LogP contribution in [0, 0.1) is 5.92 Å². The summed E-state index contributed by atoms with van der Waals surface area (Å²) >= 11 is 0. The fourth-order valence-electron chi connectivity index (χ4n) is 2.09. The van der Waals surface area contributed by atoms with Crippen molar-refractivity contribution in [1.82, 2.24) is 5.32 Å². The molecule has 0 spiro atoms. The molecule has 1 fully saturated rings. The second kappa shape index (κ2) is 5.52. The lowest BCUT2D eigenvalue weighted by Crippen LogP contribution is -2.46. The van der Waals surface area contributed by atoms with Gasteiger partial charge in [-0.3, -0.25) is 10.1 Å². The summed E-state index contributed by atoms with van der Waals surface area (Å²) in [5.74, 6) is -0.633. The van der Waals surface area contributed by atoms with E-state index < -0.39 is 24.7 Å². The molecule has 0 heterocycles. The highest BCUT2D eigenvalue weighted by atomic mass is 19.4. The van der Waals surface area contributed by atoms with Gasteiger partial charge in [-0.15, -0.1) is 0 Å². The summed E-state index contributed by atoms with van der Waals surface area (Å²) in [4.78, 5) is 11.4. The molecular formula is C10H16F3NO2. The summed E-state index contributed by atoms with van der Waals surface area (Å²) in [5, 5.41) is 2.25. The summed E-state index contributed by atoms with van der Waals surface area (Å²) in [6, 6.07) is -0.825. The van der Waals surface area contributed by atoms with E-state index in [9.17, 15) is 18.0 Å². The van der Waals surface area contributed by atoms with Gasteiger partial charge in [0.15, 0.2) is 0 Å². The Bertz CT molecular complexity index is 237. The summed E-state index contributed by atoms with van der Waals surface area (Å²) in [7, 11) is 1.19. The fraction of sp³-hybridized carbons (Fsp3) is 0.900. The van der Waals surface area contributed by atoms with Gasteiger partial charge in [0, 0.05) is 0 Å². The Balaban J connectivity index is 2.53. The van der Waals surface area contributed by atoms with Crippen LogP contribution in [0.1, 0.15) is 25.7 Å². The van der Waals surface area contributed by atoms with Gasteiger partial charge in [-0.2, -0.15) is 13.2 Å². The van der Waals surface area contributed by atoms with Crippen LogP contribution in [-0.4, -0.2) is 31.8 Å². The normalized spacial score (nSPS) is 19.8. The number of esters is 1. The van der Waals surface area contributed by atoms with E-state index in [0.717, 1.165) is 25.7 Å². The highest BCUT2D eigenvalue weighted by Gasteiger charge is 2.35. The van der Waals surface area contributed by atoms with Crippen LogP contribution in [0.5, 0.6) is 0 Å². The zero-order chi connectivity index (χ0) is 12.2. The van der Waals surface area contributed by atoms with E-state index >= 15 is 0 Å². The van der Waals surface area contributed by atoms with Crippen molar-refractivity contribution in [2.24, 2.45) is 5.92 Å². The van der Waals surface area contributed by atoms with Crippen LogP contribution in [0.15, 0.2) is 0 Å². The van der Waals surface area contributed by atoms with E-state index in [4.69, 9.17) is 0 Å². The maximum absolute atomic E-state index is 12.1. The minimum Gasteiger partial charge on any atom is -0.468 e. The van der Waals surface area contributed by atoms with Crippen LogP contribution in [0.2, 0.25) is 0 Å². The SMILES string of the molecule is COC(=O)C(NCC(F)(F)F)C1CCCC1. The summed E-state index contributed by atoms with van der Waals surface area (Å²) in [6.45, 7) is -1.15. The largest absolute Gasteiger partial charge is 0.468 e. The molecule has 6 heteroatoms. The molecule has 1 aliphatic carbocycles. The molecule has 1 aliphatic rings. The molecule has 0 bridgehead atoms. The van der Waals surface area contributed by atoms with E-state index in [1.807, 2.05) is 0 Å². The Morgan fingerprint density at radius 1 is 1.44 bits per heavy atom. The number of nitrogens with one attached hydrogen (secondary N) is 1. The third-order valence-corrected chi connectivity index (χ3v) is 2.85. The molecule has 0 radical (unpaired) electrons. The first kappa shape index (κ1) is 13.3. The monoisotopic (exact) mass is 239 g/mol. The number of carbonyl (C=O) groups excluding carboxylic acids is 1. The van der Waals surface area contributed by atoms with Crippen LogP contribution in [0.25, 0.3) is 0 Å². The van der Waals surface area contributed by atoms with Crippen LogP contribution in [0.3, 0.4) is 0 Å². The van der Waals surface area contributed by atoms with Crippen molar-refractivity contribution >= 4 is 5.97 Å². The molecule has 94 valence electrons. The molecule has 1 atom stereocenters. The Morgan fingerprint density at radius 2 is 2.00 bits per heavy atom. The van der Waals surface area contributed by atoms with Crippen molar-refractivity contribution in [2.45, 2.75) is 37.9 Å². The number of carbonyl (C=O) groups is 1. The molecule has 1 unspecified atom stereocenters. The first-order chi connectivity index (χ1) is 7.44. The Morgan fingerprint density at radius 3 is 2.44 bits per heavy atom. The Hall–Kier alpha value is -0.780. The van der Waals surface area contributed by atoms with Crippen molar-refractivity contribution in [3.63, 3.8) is 0 Å². The average Bonchev–Trinajstić information content (AvgIpc) is 2.69. The molecule has 0 saturated heterocycles. The molecule has 16 heavy (non-hydrogen) atoms. The molecule has 0 aliphatic heterocycles. The summed E-state index contributed by atoms with van der Waals surface area (Å²) in [5.41, 5.74) is 0. The molecule has 0 amide bonds. The first-order valence-electron chi connectivity index (χ1n) is 5.32. The number of methoxy groups -OCH3 is 1. The molecule has 1 saturated carbocycles. The van der Waals surface area contributed by atoms with Gasteiger partial charge in [-0.25, -0.2) is 0 Å². The maximum atomic E-state index is 12.1. The molecule has 0 aromatic carbocycles. The van der Waals surface area contributed by atoms with Crippen molar-refractivity contribution < 1.29 is 22.7 Å². The predicted molar refractivity (Wildman–Crippen MR) is 51.8 cm³/mol. The van der Waals surface area contributed by atoms with Crippen LogP contribution >= 0.6 is 0 Å². The summed E-state index contributed by atoms with van der Waals surface area (Å²) in [6.07, 6.45) is -0.808. The number of halogens is 3. The van der Waals surface area contributed by atoms with Gasteiger partial charge in [-0.1, -0.05) is 12.8 Å². The third-order valence-electron chi connectivity index (χ3n) is 2.85. The zero-order valence-electron chi connectivity index (χ0n) is 9.14. The van der Waals surface area contributed by atoms with E-state index in [-0.39, 0.29) is 5.92 Å². The van der Waals surface area contributed by atoms with Gasteiger partial charge < -0.3 is 4.74 Å². The highest BCUT2D eigenvalue weighted by Crippen LogP contribution is 2.28. The molecule has 1 rings (SSSR count). The number of hydrogen-bond acceptors (Lipinski definition) is 3. The van der Waals surface area contributed by atoms with Crippen LogP contribution < -0.4 is 5.32 Å². The molecule has 1 N–H and O–H groups in total. The lowest BCUT2D eigenvalue weighted by atomic mass is 9.98. The van der Waals surface area contributed by atoms with Crippen molar-refractivity contribution in [3.05, 3.63) is 0 Å². The van der Waals surface area contributed by atoms with E-state index in [2.05, 4.69) is 10.1 Å². The maximum Gasteiger partial charge on any atom is 0.401 e. The van der Waals surface area contributed by atoms with Gasteiger partial charge >= 0.3 is 12.1 Å². The fourth-order valence-corrected chi connectivity index (χ4v) is 2.09. The van der Waals surface area contributed by atoms with Crippen molar-refractivity contribution in [3.8, 4) is 0 Å². The smallest absolute Gasteiger partial charge is 0.401 e. The van der Waals surface area contributed by atoms with Crippen LogP contribution in [-0.2, 0) is 9.53 Å². The highest BCUT2D eigenvalue weighted by molar-refractivity contribution is 5.76. The summed E-state index contributed by atoms with van der Waals surface area (Å²) < 4.78 is 40.7. The van der Waals surface area contributed by atoms with E-state index in [0.29, 0.717) is 0 Å². The zero-order valence-corrected chi connectivity index (χ0v) is 9.14. The minimum absolute atomic E-state index is 0.0326. The number of rotatable bonds is 4. The van der Waals surface area contributed by atoms with E-state index in [1.54, 1.807) is 0 Å². The van der Waals surface area contributed by atoms with Crippen molar-refractivity contribution in [1.29, 1.82) is 0 Å². The average molecular weight is 239 g/mol. The van der Waals surface area contributed by atoms with Crippen molar-refractivity contribution in [2.75, 3.05) is 13.7 Å². The quantitative estimate of drug-likeness (QED) is 0.761. The number of alkyl halides is 3. The van der Waals surface area contributed by atoms with Gasteiger partial charge in [0.05, 0.1) is 13.7 Å². The lowest BCUT2D eigenvalue weighted by Gasteiger charge is -2.22. The second-order valence-corrected chi connectivity index (χ2v) is 4.04. The first-order valence-corrected chi connectivity index (χ1v) is 5.32. The lowest BCUT2D eigenvalue weighted by molar-refractivity contribution is -0.148. The van der Waals surface area contributed by atoms with Gasteiger partial charge in [0.1, 0.15) is 6.04 Å². The molecule has 0 aromatic heterocycles. The Labute approximate surface area is 92.3 Å². The number of ether oxygens (including phenoxy) is 1. The van der Waals surface area contributed by atoms with Gasteiger partial charge in [-0.05, 0) is 18.8 Å².